The van der Waals surface area contributed by atoms with Gasteiger partial charge in [0.15, 0.2) is 0 Å². The van der Waals surface area contributed by atoms with Gasteiger partial charge in [0.05, 0.1) is 5.69 Å². The second-order valence-corrected chi connectivity index (χ2v) is 8.73. The first-order valence-electron chi connectivity index (χ1n) is 10.1. The molecular weight excluding hydrogens is 397 g/mol. The SMILES string of the molecule is C[C@H]1CC(C)(C)N(C)c2ccc(/C=C3\C(=O)NC(=O)N(c4cccc(F)c4)C3=O)cc21. The first-order valence-corrected chi connectivity index (χ1v) is 10.1. The zero-order valence-corrected chi connectivity index (χ0v) is 17.9. The lowest BCUT2D eigenvalue weighted by atomic mass is 9.80. The predicted molar refractivity (Wildman–Crippen MR) is 117 cm³/mol. The van der Waals surface area contributed by atoms with Crippen LogP contribution in [0.25, 0.3) is 6.08 Å². The fourth-order valence-corrected chi connectivity index (χ4v) is 4.36. The van der Waals surface area contributed by atoms with Gasteiger partial charge in [-0.25, -0.2) is 14.1 Å². The van der Waals surface area contributed by atoms with Crippen molar-refractivity contribution in [3.8, 4) is 0 Å². The Kier molecular flexibility index (Phi) is 4.92. The summed E-state index contributed by atoms with van der Waals surface area (Å²) in [6.45, 7) is 6.56. The number of imide groups is 2. The summed E-state index contributed by atoms with van der Waals surface area (Å²) in [4.78, 5) is 40.7. The van der Waals surface area contributed by atoms with Crippen molar-refractivity contribution in [1.29, 1.82) is 0 Å². The van der Waals surface area contributed by atoms with E-state index in [1.54, 1.807) is 0 Å². The van der Waals surface area contributed by atoms with E-state index in [4.69, 9.17) is 0 Å². The van der Waals surface area contributed by atoms with Crippen LogP contribution in [0.4, 0.5) is 20.6 Å². The molecule has 6 nitrogen and oxygen atoms in total. The van der Waals surface area contributed by atoms with Crippen molar-refractivity contribution >= 4 is 35.3 Å². The Morgan fingerprint density at radius 1 is 1.13 bits per heavy atom. The van der Waals surface area contributed by atoms with E-state index in [0.29, 0.717) is 11.5 Å². The summed E-state index contributed by atoms with van der Waals surface area (Å²) in [7, 11) is 2.06. The van der Waals surface area contributed by atoms with Crippen LogP contribution >= 0.6 is 0 Å². The minimum Gasteiger partial charge on any atom is -0.369 e. The van der Waals surface area contributed by atoms with E-state index < -0.39 is 23.7 Å². The van der Waals surface area contributed by atoms with E-state index in [1.807, 2.05) is 18.2 Å². The Hall–Kier alpha value is -3.48. The second-order valence-electron chi connectivity index (χ2n) is 8.73. The smallest absolute Gasteiger partial charge is 0.335 e. The van der Waals surface area contributed by atoms with E-state index in [-0.39, 0.29) is 16.8 Å². The molecule has 0 saturated carbocycles. The number of rotatable bonds is 2. The number of amides is 4. The molecule has 0 bridgehead atoms. The number of urea groups is 1. The van der Waals surface area contributed by atoms with E-state index in [9.17, 15) is 18.8 Å². The zero-order valence-electron chi connectivity index (χ0n) is 17.9. The first-order chi connectivity index (χ1) is 14.6. The molecule has 2 aromatic rings. The molecule has 2 aromatic carbocycles. The van der Waals surface area contributed by atoms with Crippen LogP contribution in [-0.4, -0.2) is 30.4 Å². The Bertz CT molecular complexity index is 1140. The molecule has 0 spiro atoms. The molecular formula is C24H24FN3O3. The molecule has 4 amide bonds. The lowest BCUT2D eigenvalue weighted by molar-refractivity contribution is -0.122. The summed E-state index contributed by atoms with van der Waals surface area (Å²) in [5.74, 6) is -1.84. The van der Waals surface area contributed by atoms with E-state index in [0.717, 1.165) is 28.6 Å². The van der Waals surface area contributed by atoms with E-state index in [1.165, 1.54) is 24.3 Å². The van der Waals surface area contributed by atoms with Gasteiger partial charge in [0.25, 0.3) is 11.8 Å². The molecule has 7 heteroatoms. The third-order valence-corrected chi connectivity index (χ3v) is 6.14. The summed E-state index contributed by atoms with van der Waals surface area (Å²) in [5, 5.41) is 2.17. The Morgan fingerprint density at radius 2 is 1.87 bits per heavy atom. The topological polar surface area (TPSA) is 69.7 Å². The van der Waals surface area contributed by atoms with E-state index in [2.05, 4.69) is 38.0 Å². The van der Waals surface area contributed by atoms with Crippen LogP contribution in [0.5, 0.6) is 0 Å². The van der Waals surface area contributed by atoms with Crippen LogP contribution in [0, 0.1) is 5.82 Å². The Morgan fingerprint density at radius 3 is 2.58 bits per heavy atom. The van der Waals surface area contributed by atoms with Crippen molar-refractivity contribution in [2.75, 3.05) is 16.8 Å². The number of carbonyl (C=O) groups is 3. The average Bonchev–Trinajstić information content (AvgIpc) is 2.69. The van der Waals surface area contributed by atoms with Gasteiger partial charge in [0.1, 0.15) is 11.4 Å². The molecule has 160 valence electrons. The van der Waals surface area contributed by atoms with Gasteiger partial charge in [-0.05, 0) is 73.7 Å². The molecule has 1 saturated heterocycles. The first kappa shape index (κ1) is 20.8. The van der Waals surface area contributed by atoms with E-state index >= 15 is 0 Å². The summed E-state index contributed by atoms with van der Waals surface area (Å²) in [6, 6.07) is 10.0. The second kappa shape index (κ2) is 7.34. The number of fused-ring (bicyclic) bond motifs is 1. The van der Waals surface area contributed by atoms with Crippen molar-refractivity contribution in [2.24, 2.45) is 0 Å². The van der Waals surface area contributed by atoms with Crippen LogP contribution in [0.3, 0.4) is 0 Å². The maximum atomic E-state index is 13.6. The van der Waals surface area contributed by atoms with Gasteiger partial charge >= 0.3 is 6.03 Å². The summed E-state index contributed by atoms with van der Waals surface area (Å²) in [6.07, 6.45) is 2.45. The molecule has 1 fully saturated rings. The van der Waals surface area contributed by atoms with Crippen LogP contribution in [0.2, 0.25) is 0 Å². The summed E-state index contributed by atoms with van der Waals surface area (Å²) >= 11 is 0. The van der Waals surface area contributed by atoms with Gasteiger partial charge in [-0.1, -0.05) is 19.1 Å². The van der Waals surface area contributed by atoms with Gasteiger partial charge in [-0.2, -0.15) is 0 Å². The molecule has 0 aliphatic carbocycles. The van der Waals surface area contributed by atoms with Crippen molar-refractivity contribution in [1.82, 2.24) is 5.32 Å². The van der Waals surface area contributed by atoms with Crippen LogP contribution in [0.1, 0.15) is 44.2 Å². The zero-order chi connectivity index (χ0) is 22.5. The fraction of sp³-hybridized carbons (Fsp3) is 0.292. The number of carbonyl (C=O) groups excluding carboxylic acids is 3. The van der Waals surface area contributed by atoms with Crippen molar-refractivity contribution in [3.63, 3.8) is 0 Å². The molecule has 2 aliphatic heterocycles. The number of nitrogens with one attached hydrogen (secondary N) is 1. The molecule has 31 heavy (non-hydrogen) atoms. The number of benzene rings is 2. The Labute approximate surface area is 180 Å². The van der Waals surface area contributed by atoms with Crippen molar-refractivity contribution in [2.45, 2.75) is 38.6 Å². The number of hydrogen-bond acceptors (Lipinski definition) is 4. The molecule has 0 radical (unpaired) electrons. The largest absolute Gasteiger partial charge is 0.369 e. The van der Waals surface area contributed by atoms with Crippen LogP contribution in [-0.2, 0) is 9.59 Å². The van der Waals surface area contributed by atoms with Gasteiger partial charge in [-0.3, -0.25) is 14.9 Å². The summed E-state index contributed by atoms with van der Waals surface area (Å²) < 4.78 is 13.6. The fourth-order valence-electron chi connectivity index (χ4n) is 4.36. The maximum Gasteiger partial charge on any atom is 0.335 e. The van der Waals surface area contributed by atoms with Crippen molar-refractivity contribution < 1.29 is 18.8 Å². The highest BCUT2D eigenvalue weighted by Gasteiger charge is 2.37. The molecule has 2 heterocycles. The number of nitrogens with zero attached hydrogens (tertiary/aromatic N) is 2. The average molecular weight is 421 g/mol. The molecule has 4 rings (SSSR count). The normalized spacial score (nSPS) is 21.9. The molecule has 1 atom stereocenters. The maximum absolute atomic E-state index is 13.6. The van der Waals surface area contributed by atoms with Gasteiger partial charge < -0.3 is 4.90 Å². The summed E-state index contributed by atoms with van der Waals surface area (Å²) in [5.41, 5.74) is 2.84. The lowest BCUT2D eigenvalue weighted by Crippen LogP contribution is -2.54. The third-order valence-electron chi connectivity index (χ3n) is 6.14. The lowest BCUT2D eigenvalue weighted by Gasteiger charge is -2.45. The minimum atomic E-state index is -0.902. The minimum absolute atomic E-state index is 0.0252. The van der Waals surface area contributed by atoms with Crippen molar-refractivity contribution in [3.05, 3.63) is 65.0 Å². The van der Waals surface area contributed by atoms with Crippen LogP contribution < -0.4 is 15.1 Å². The molecule has 0 unspecified atom stereocenters. The molecule has 1 N–H and O–H groups in total. The number of hydrogen-bond donors (Lipinski definition) is 1. The highest BCUT2D eigenvalue weighted by atomic mass is 19.1. The van der Waals surface area contributed by atoms with Gasteiger partial charge in [0, 0.05) is 18.3 Å². The standard InChI is InChI=1S/C24H24FN3O3/c1-14-13-24(2,3)27(4)20-9-8-15(10-18(14)20)11-19-21(29)26-23(31)28(22(19)30)17-7-5-6-16(25)12-17/h5-12,14H,13H2,1-4H3,(H,26,29,31)/b19-11+/t14-/m0/s1. The molecule has 0 aromatic heterocycles. The van der Waals surface area contributed by atoms with Crippen LogP contribution in [0.15, 0.2) is 48.0 Å². The third kappa shape index (κ3) is 3.60. The number of halogens is 1. The van der Waals surface area contributed by atoms with Gasteiger partial charge in [-0.15, -0.1) is 0 Å². The molecule has 2 aliphatic rings. The number of anilines is 2. The number of barbiturate groups is 1. The van der Waals surface area contributed by atoms with Gasteiger partial charge in [0.2, 0.25) is 0 Å². The Balaban J connectivity index is 1.73. The monoisotopic (exact) mass is 421 g/mol. The quantitative estimate of drug-likeness (QED) is 0.583. The highest BCUT2D eigenvalue weighted by molar-refractivity contribution is 6.39. The highest BCUT2D eigenvalue weighted by Crippen LogP contribution is 2.42. The predicted octanol–water partition coefficient (Wildman–Crippen LogP) is 4.21.